The zero-order valence-corrected chi connectivity index (χ0v) is 16.9. The number of hydrogen-bond donors (Lipinski definition) is 2. The van der Waals surface area contributed by atoms with Crippen LogP contribution in [0.5, 0.6) is 0 Å². The smallest absolute Gasteiger partial charge is 0.191 e. The highest BCUT2D eigenvalue weighted by molar-refractivity contribution is 14.0. The predicted molar refractivity (Wildman–Crippen MR) is 113 cm³/mol. The van der Waals surface area contributed by atoms with E-state index in [2.05, 4.69) is 70.0 Å². The molecule has 126 valence electrons. The molecule has 0 bridgehead atoms. The third kappa shape index (κ3) is 4.67. The molecule has 2 N–H and O–H groups in total. The fourth-order valence-corrected chi connectivity index (χ4v) is 3.22. The number of nitrogens with zero attached hydrogens (tertiary/aromatic N) is 2. The summed E-state index contributed by atoms with van der Waals surface area (Å²) >= 11 is 1.70. The van der Waals surface area contributed by atoms with Crippen LogP contribution in [0.4, 0.5) is 0 Å². The number of aliphatic imine (C=N–C) groups is 1. The molecule has 1 heterocycles. The van der Waals surface area contributed by atoms with Crippen molar-refractivity contribution in [2.24, 2.45) is 4.99 Å². The summed E-state index contributed by atoms with van der Waals surface area (Å²) in [6.45, 7) is 3.49. The van der Waals surface area contributed by atoms with Crippen LogP contribution in [0, 0.1) is 6.92 Å². The number of aryl methyl sites for hydroxylation is 1. The lowest BCUT2D eigenvalue weighted by Crippen LogP contribution is -2.36. The van der Waals surface area contributed by atoms with E-state index in [0.29, 0.717) is 6.54 Å². The molecule has 0 amide bonds. The Bertz CT molecular complexity index is 823. The average Bonchev–Trinajstić information content (AvgIpc) is 3.00. The minimum atomic E-state index is 0. The maximum atomic E-state index is 4.35. The molecule has 0 aliphatic heterocycles. The van der Waals surface area contributed by atoms with Crippen LogP contribution in [-0.2, 0) is 13.1 Å². The Morgan fingerprint density at radius 2 is 1.83 bits per heavy atom. The van der Waals surface area contributed by atoms with E-state index in [-0.39, 0.29) is 24.0 Å². The highest BCUT2D eigenvalue weighted by Crippen LogP contribution is 2.18. The number of hydrogen-bond acceptors (Lipinski definition) is 3. The van der Waals surface area contributed by atoms with Gasteiger partial charge in [-0.05, 0) is 23.3 Å². The van der Waals surface area contributed by atoms with Crippen molar-refractivity contribution in [3.63, 3.8) is 0 Å². The van der Waals surface area contributed by atoms with Gasteiger partial charge in [0.25, 0.3) is 0 Å². The third-order valence-corrected chi connectivity index (χ3v) is 4.54. The molecular formula is C18H21IN4S. The molecule has 0 radical (unpaired) electrons. The molecule has 3 rings (SSSR count). The first-order valence-electron chi connectivity index (χ1n) is 7.59. The third-order valence-electron chi connectivity index (χ3n) is 3.63. The maximum absolute atomic E-state index is 4.35. The number of nitrogens with one attached hydrogen (secondary N) is 2. The number of benzene rings is 2. The summed E-state index contributed by atoms with van der Waals surface area (Å²) in [4.78, 5) is 9.85. The quantitative estimate of drug-likeness (QED) is 0.356. The molecule has 1 aromatic heterocycles. The van der Waals surface area contributed by atoms with Gasteiger partial charge in [0.15, 0.2) is 5.96 Å². The van der Waals surface area contributed by atoms with Gasteiger partial charge >= 0.3 is 0 Å². The van der Waals surface area contributed by atoms with E-state index < -0.39 is 0 Å². The maximum Gasteiger partial charge on any atom is 0.191 e. The van der Waals surface area contributed by atoms with Gasteiger partial charge in [-0.3, -0.25) is 4.99 Å². The fraction of sp³-hybridized carbons (Fsp3) is 0.222. The van der Waals surface area contributed by atoms with Crippen molar-refractivity contribution in [3.05, 3.63) is 64.1 Å². The highest BCUT2D eigenvalue weighted by Gasteiger charge is 2.04. The number of rotatable bonds is 4. The summed E-state index contributed by atoms with van der Waals surface area (Å²) in [6, 6.07) is 14.8. The van der Waals surface area contributed by atoms with Crippen molar-refractivity contribution < 1.29 is 0 Å². The van der Waals surface area contributed by atoms with Gasteiger partial charge in [-0.15, -0.1) is 35.3 Å². The summed E-state index contributed by atoms with van der Waals surface area (Å²) in [7, 11) is 1.78. The molecule has 6 heteroatoms. The van der Waals surface area contributed by atoms with Crippen LogP contribution in [0.15, 0.2) is 53.7 Å². The molecule has 0 atom stereocenters. The largest absolute Gasteiger partial charge is 0.352 e. The van der Waals surface area contributed by atoms with Gasteiger partial charge in [0.1, 0.15) is 5.01 Å². The number of fused-ring (bicyclic) bond motifs is 1. The number of guanidine groups is 1. The van der Waals surface area contributed by atoms with Crippen molar-refractivity contribution in [1.29, 1.82) is 0 Å². The van der Waals surface area contributed by atoms with E-state index in [4.69, 9.17) is 0 Å². The van der Waals surface area contributed by atoms with E-state index >= 15 is 0 Å². The summed E-state index contributed by atoms with van der Waals surface area (Å²) in [5, 5.41) is 10.3. The van der Waals surface area contributed by atoms with Gasteiger partial charge < -0.3 is 10.6 Å². The fourth-order valence-electron chi connectivity index (χ4n) is 2.49. The van der Waals surface area contributed by atoms with Crippen LogP contribution in [0.25, 0.3) is 10.8 Å². The molecule has 0 unspecified atom stereocenters. The Balaban J connectivity index is 0.00000208. The second kappa shape index (κ2) is 8.98. The first kappa shape index (κ1) is 18.7. The van der Waals surface area contributed by atoms with Crippen molar-refractivity contribution in [2.75, 3.05) is 7.05 Å². The Morgan fingerprint density at radius 1 is 1.08 bits per heavy atom. The molecule has 0 spiro atoms. The van der Waals surface area contributed by atoms with E-state index in [9.17, 15) is 0 Å². The second-order valence-corrected chi connectivity index (χ2v) is 6.60. The van der Waals surface area contributed by atoms with Crippen LogP contribution >= 0.6 is 35.3 Å². The van der Waals surface area contributed by atoms with Gasteiger partial charge in [-0.25, -0.2) is 4.98 Å². The Kier molecular flexibility index (Phi) is 6.99. The molecule has 4 nitrogen and oxygen atoms in total. The summed E-state index contributed by atoms with van der Waals surface area (Å²) in [5.41, 5.74) is 1.26. The lowest BCUT2D eigenvalue weighted by molar-refractivity contribution is 0.807. The Morgan fingerprint density at radius 3 is 2.58 bits per heavy atom. The van der Waals surface area contributed by atoms with Crippen LogP contribution in [0.1, 0.15) is 15.4 Å². The van der Waals surface area contributed by atoms with E-state index in [1.54, 1.807) is 18.4 Å². The van der Waals surface area contributed by atoms with Crippen molar-refractivity contribution in [2.45, 2.75) is 20.0 Å². The highest BCUT2D eigenvalue weighted by atomic mass is 127. The summed E-state index contributed by atoms with van der Waals surface area (Å²) in [6.07, 6.45) is 1.90. The average molecular weight is 452 g/mol. The monoisotopic (exact) mass is 452 g/mol. The Hall–Kier alpha value is -1.67. The summed E-state index contributed by atoms with van der Waals surface area (Å²) < 4.78 is 0. The van der Waals surface area contributed by atoms with Crippen LogP contribution in [0.3, 0.4) is 0 Å². The zero-order chi connectivity index (χ0) is 16.1. The van der Waals surface area contributed by atoms with Crippen molar-refractivity contribution in [3.8, 4) is 0 Å². The van der Waals surface area contributed by atoms with Gasteiger partial charge in [0.2, 0.25) is 0 Å². The lowest BCUT2D eigenvalue weighted by atomic mass is 10.0. The molecule has 24 heavy (non-hydrogen) atoms. The SMILES string of the molecule is CN=C(NCc1ncc(C)s1)NCc1cccc2ccccc12.I. The minimum Gasteiger partial charge on any atom is -0.352 e. The summed E-state index contributed by atoms with van der Waals surface area (Å²) in [5.74, 6) is 0.783. The minimum absolute atomic E-state index is 0. The molecule has 0 saturated heterocycles. The molecule has 3 aromatic rings. The number of aromatic nitrogens is 1. The van der Waals surface area contributed by atoms with Crippen molar-refractivity contribution in [1.82, 2.24) is 15.6 Å². The van der Waals surface area contributed by atoms with Gasteiger partial charge in [-0.2, -0.15) is 0 Å². The standard InChI is InChI=1S/C18H20N4S.HI/c1-13-10-20-17(23-13)12-22-18(19-2)21-11-15-8-5-7-14-6-3-4-9-16(14)15;/h3-10H,11-12H2,1-2H3,(H2,19,21,22);1H. The first-order chi connectivity index (χ1) is 11.3. The molecule has 0 saturated carbocycles. The second-order valence-electron chi connectivity index (χ2n) is 5.28. The van der Waals surface area contributed by atoms with E-state index in [1.165, 1.54) is 21.2 Å². The van der Waals surface area contributed by atoms with E-state index in [0.717, 1.165) is 17.5 Å². The topological polar surface area (TPSA) is 49.3 Å². The first-order valence-corrected chi connectivity index (χ1v) is 8.40. The normalized spacial score (nSPS) is 11.2. The van der Waals surface area contributed by atoms with Crippen LogP contribution in [-0.4, -0.2) is 18.0 Å². The molecule has 2 aromatic carbocycles. The molecule has 0 aliphatic rings. The predicted octanol–water partition coefficient (Wildman–Crippen LogP) is 4.09. The van der Waals surface area contributed by atoms with Crippen molar-refractivity contribution >= 4 is 52.0 Å². The van der Waals surface area contributed by atoms with Gasteiger partial charge in [0, 0.05) is 24.7 Å². The van der Waals surface area contributed by atoms with Crippen LogP contribution in [0.2, 0.25) is 0 Å². The molecule has 0 fully saturated rings. The van der Waals surface area contributed by atoms with Gasteiger partial charge in [0.05, 0.1) is 6.54 Å². The number of thiazole rings is 1. The number of halogens is 1. The lowest BCUT2D eigenvalue weighted by Gasteiger charge is -2.12. The van der Waals surface area contributed by atoms with Gasteiger partial charge in [-0.1, -0.05) is 42.5 Å². The van der Waals surface area contributed by atoms with E-state index in [1.807, 2.05) is 6.20 Å². The van der Waals surface area contributed by atoms with Crippen LogP contribution < -0.4 is 10.6 Å². The Labute approximate surface area is 163 Å². The zero-order valence-electron chi connectivity index (χ0n) is 13.7. The molecular weight excluding hydrogens is 431 g/mol. The molecule has 0 aliphatic carbocycles.